The topological polar surface area (TPSA) is 63.0 Å². The first-order valence-electron chi connectivity index (χ1n) is 5.45. The van der Waals surface area contributed by atoms with E-state index in [2.05, 4.69) is 20.9 Å². The summed E-state index contributed by atoms with van der Waals surface area (Å²) in [6, 6.07) is 1.85. The number of hydrogen-bond acceptors (Lipinski definition) is 4. The van der Waals surface area contributed by atoms with Crippen LogP contribution >= 0.6 is 15.9 Å². The third-order valence-electron chi connectivity index (χ3n) is 2.38. The zero-order valence-corrected chi connectivity index (χ0v) is 11.7. The first-order valence-corrected chi connectivity index (χ1v) is 6.57. The van der Waals surface area contributed by atoms with Crippen LogP contribution in [-0.4, -0.2) is 17.6 Å². The summed E-state index contributed by atoms with van der Waals surface area (Å²) in [4.78, 5) is 15.0. The Hall–Kier alpha value is -1.55. The highest BCUT2D eigenvalue weighted by Crippen LogP contribution is 2.27. The number of aromatic nitrogens is 1. The number of ether oxygens (including phenoxy) is 1. The van der Waals surface area contributed by atoms with Crippen LogP contribution in [0.25, 0.3) is 0 Å². The molecule has 1 aromatic heterocycles. The van der Waals surface area contributed by atoms with E-state index in [1.54, 1.807) is 6.92 Å². The third kappa shape index (κ3) is 3.70. The van der Waals surface area contributed by atoms with Gasteiger partial charge in [0.15, 0.2) is 0 Å². The minimum absolute atomic E-state index is 0.0511. The second kappa shape index (κ2) is 7.14. The molecule has 4 nitrogen and oxygen atoms in total. The molecule has 0 atom stereocenters. The van der Waals surface area contributed by atoms with Crippen LogP contribution in [0.1, 0.15) is 35.7 Å². The van der Waals surface area contributed by atoms with Crippen molar-refractivity contribution in [3.05, 3.63) is 28.6 Å². The SMILES string of the molecule is CCOC(=O)Cc1cnc(C(F)F)c(CBr)c1C#N. The Bertz CT molecular complexity index is 515. The average Bonchev–Trinajstić information content (AvgIpc) is 2.37. The zero-order valence-electron chi connectivity index (χ0n) is 10.1. The van der Waals surface area contributed by atoms with Gasteiger partial charge in [0.2, 0.25) is 0 Å². The van der Waals surface area contributed by atoms with Crippen LogP contribution < -0.4 is 0 Å². The van der Waals surface area contributed by atoms with Crippen molar-refractivity contribution in [2.75, 3.05) is 6.61 Å². The Labute approximate surface area is 117 Å². The Balaban J connectivity index is 3.21. The predicted octanol–water partition coefficient (Wildman–Crippen LogP) is 2.89. The van der Waals surface area contributed by atoms with Gasteiger partial charge in [-0.2, -0.15) is 5.26 Å². The Morgan fingerprint density at radius 3 is 2.79 bits per heavy atom. The third-order valence-corrected chi connectivity index (χ3v) is 2.94. The number of halogens is 3. The van der Waals surface area contributed by atoms with Gasteiger partial charge in [-0.3, -0.25) is 9.78 Å². The van der Waals surface area contributed by atoms with Crippen LogP contribution in [-0.2, 0) is 21.3 Å². The van der Waals surface area contributed by atoms with Crippen LogP contribution in [0.2, 0.25) is 0 Å². The summed E-state index contributed by atoms with van der Waals surface area (Å²) in [7, 11) is 0. The molecule has 19 heavy (non-hydrogen) atoms. The molecule has 1 aromatic rings. The van der Waals surface area contributed by atoms with Gasteiger partial charge in [-0.15, -0.1) is 0 Å². The van der Waals surface area contributed by atoms with Crippen molar-refractivity contribution >= 4 is 21.9 Å². The number of hydrogen-bond donors (Lipinski definition) is 0. The molecule has 1 heterocycles. The van der Waals surface area contributed by atoms with Crippen LogP contribution in [0.3, 0.4) is 0 Å². The molecule has 1 rings (SSSR count). The molecule has 0 N–H and O–H groups in total. The number of rotatable bonds is 5. The van der Waals surface area contributed by atoms with Gasteiger partial charge >= 0.3 is 5.97 Å². The highest BCUT2D eigenvalue weighted by molar-refractivity contribution is 9.08. The van der Waals surface area contributed by atoms with Crippen molar-refractivity contribution in [3.63, 3.8) is 0 Å². The minimum Gasteiger partial charge on any atom is -0.466 e. The van der Waals surface area contributed by atoms with E-state index in [1.807, 2.05) is 6.07 Å². The number of carbonyl (C=O) groups is 1. The normalized spacial score (nSPS) is 10.3. The second-order valence-electron chi connectivity index (χ2n) is 3.55. The molecular formula is C12H11BrF2N2O2. The summed E-state index contributed by atoms with van der Waals surface area (Å²) in [6.45, 7) is 1.87. The molecule has 0 aliphatic heterocycles. The van der Waals surface area contributed by atoms with Gasteiger partial charge in [-0.1, -0.05) is 15.9 Å². The van der Waals surface area contributed by atoms with Gasteiger partial charge in [-0.05, 0) is 12.5 Å². The molecular weight excluding hydrogens is 322 g/mol. The lowest BCUT2D eigenvalue weighted by Crippen LogP contribution is -2.11. The summed E-state index contributed by atoms with van der Waals surface area (Å²) >= 11 is 3.06. The molecule has 0 unspecified atom stereocenters. The molecule has 0 saturated carbocycles. The molecule has 0 aromatic carbocycles. The van der Waals surface area contributed by atoms with E-state index in [1.165, 1.54) is 0 Å². The van der Waals surface area contributed by atoms with Crippen LogP contribution in [0.4, 0.5) is 8.78 Å². The van der Waals surface area contributed by atoms with Crippen molar-refractivity contribution in [1.29, 1.82) is 5.26 Å². The van der Waals surface area contributed by atoms with E-state index in [-0.39, 0.29) is 29.5 Å². The molecule has 0 bridgehead atoms. The van der Waals surface area contributed by atoms with Crippen LogP contribution in [0.5, 0.6) is 0 Å². The molecule has 0 radical (unpaired) electrons. The maximum atomic E-state index is 12.8. The molecule has 7 heteroatoms. The number of carbonyl (C=O) groups excluding carboxylic acids is 1. The maximum absolute atomic E-state index is 12.8. The number of nitrogens with zero attached hydrogens (tertiary/aromatic N) is 2. The molecule has 0 fully saturated rings. The average molecular weight is 333 g/mol. The Morgan fingerprint density at radius 2 is 2.32 bits per heavy atom. The van der Waals surface area contributed by atoms with E-state index < -0.39 is 18.1 Å². The van der Waals surface area contributed by atoms with Crippen LogP contribution in [0, 0.1) is 11.3 Å². The summed E-state index contributed by atoms with van der Waals surface area (Å²) in [5.74, 6) is -0.522. The fraction of sp³-hybridized carbons (Fsp3) is 0.417. The number of nitriles is 1. The van der Waals surface area contributed by atoms with Crippen molar-refractivity contribution in [3.8, 4) is 6.07 Å². The standard InChI is InChI=1S/C12H11BrF2N2O2/c1-2-19-10(18)3-7-6-17-11(12(14)15)8(4-13)9(7)5-16/h6,12H,2-4H2,1H3. The number of esters is 1. The van der Waals surface area contributed by atoms with Gasteiger partial charge in [-0.25, -0.2) is 8.78 Å². The highest BCUT2D eigenvalue weighted by Gasteiger charge is 2.21. The Morgan fingerprint density at radius 1 is 1.63 bits per heavy atom. The fourth-order valence-corrected chi connectivity index (χ4v) is 2.14. The van der Waals surface area contributed by atoms with Crippen molar-refractivity contribution in [1.82, 2.24) is 4.98 Å². The summed E-state index contributed by atoms with van der Waals surface area (Å²) in [5, 5.41) is 9.15. The first kappa shape index (κ1) is 15.5. The summed E-state index contributed by atoms with van der Waals surface area (Å²) in [6.07, 6.45) is -1.80. The smallest absolute Gasteiger partial charge is 0.310 e. The van der Waals surface area contributed by atoms with Crippen molar-refractivity contribution < 1.29 is 18.3 Å². The second-order valence-corrected chi connectivity index (χ2v) is 4.11. The summed E-state index contributed by atoms with van der Waals surface area (Å²) < 4.78 is 30.3. The Kier molecular flexibility index (Phi) is 5.83. The molecule has 0 spiro atoms. The van der Waals surface area contributed by atoms with Crippen molar-refractivity contribution in [2.24, 2.45) is 0 Å². The lowest BCUT2D eigenvalue weighted by Gasteiger charge is -2.11. The van der Waals surface area contributed by atoms with E-state index >= 15 is 0 Å². The van der Waals surface area contributed by atoms with Crippen LogP contribution in [0.15, 0.2) is 6.20 Å². The van der Waals surface area contributed by atoms with Gasteiger partial charge < -0.3 is 4.74 Å². The van der Waals surface area contributed by atoms with E-state index in [4.69, 9.17) is 10.00 Å². The fourth-order valence-electron chi connectivity index (χ4n) is 1.58. The van der Waals surface area contributed by atoms with Gasteiger partial charge in [0.05, 0.1) is 24.7 Å². The molecule has 0 saturated heterocycles. The maximum Gasteiger partial charge on any atom is 0.310 e. The van der Waals surface area contributed by atoms with Crippen molar-refractivity contribution in [2.45, 2.75) is 25.1 Å². The first-order chi connectivity index (χ1) is 9.04. The highest BCUT2D eigenvalue weighted by atomic mass is 79.9. The van der Waals surface area contributed by atoms with Gasteiger partial charge in [0, 0.05) is 17.1 Å². The lowest BCUT2D eigenvalue weighted by molar-refractivity contribution is -0.142. The molecule has 0 aliphatic rings. The zero-order chi connectivity index (χ0) is 14.4. The van der Waals surface area contributed by atoms with Gasteiger partial charge in [0.1, 0.15) is 5.69 Å². The van der Waals surface area contributed by atoms with E-state index in [0.717, 1.165) is 6.20 Å². The van der Waals surface area contributed by atoms with E-state index in [0.29, 0.717) is 5.56 Å². The molecule has 0 aliphatic carbocycles. The van der Waals surface area contributed by atoms with E-state index in [9.17, 15) is 13.6 Å². The summed E-state index contributed by atoms with van der Waals surface area (Å²) in [5.41, 5.74) is 0.00959. The quantitative estimate of drug-likeness (QED) is 0.614. The number of pyridine rings is 1. The number of alkyl halides is 3. The molecule has 102 valence electrons. The van der Waals surface area contributed by atoms with Gasteiger partial charge in [0.25, 0.3) is 6.43 Å². The molecule has 0 amide bonds. The predicted molar refractivity (Wildman–Crippen MR) is 66.9 cm³/mol. The minimum atomic E-state index is -2.77. The lowest BCUT2D eigenvalue weighted by atomic mass is 10.0. The largest absolute Gasteiger partial charge is 0.466 e. The monoisotopic (exact) mass is 332 g/mol.